The smallest absolute Gasteiger partial charge is 0.251 e. The first kappa shape index (κ1) is 14.7. The molecule has 2 aromatic rings. The second-order valence-electron chi connectivity index (χ2n) is 3.70. The van der Waals surface area contributed by atoms with Crippen molar-refractivity contribution < 1.29 is 9.18 Å². The van der Waals surface area contributed by atoms with E-state index in [-0.39, 0.29) is 22.9 Å². The van der Waals surface area contributed by atoms with E-state index in [0.29, 0.717) is 9.63 Å². The van der Waals surface area contributed by atoms with Crippen LogP contribution >= 0.6 is 27.7 Å². The number of aromatic nitrogens is 2. The molecule has 0 bridgehead atoms. The van der Waals surface area contributed by atoms with E-state index in [1.807, 2.05) is 0 Å². The number of hydrogen-bond acceptors (Lipinski definition) is 4. The van der Waals surface area contributed by atoms with Crippen LogP contribution in [0.5, 0.6) is 0 Å². The molecule has 0 radical (unpaired) electrons. The fourth-order valence-corrected chi connectivity index (χ4v) is 2.32. The first-order valence-electron chi connectivity index (χ1n) is 5.47. The molecule has 1 heterocycles. The Hall–Kier alpha value is -1.67. The number of anilines is 1. The van der Waals surface area contributed by atoms with Crippen LogP contribution in [0.4, 0.5) is 10.1 Å². The fourth-order valence-electron chi connectivity index (χ4n) is 1.34. The number of nitrogens with zero attached hydrogens (tertiary/aromatic N) is 1. The van der Waals surface area contributed by atoms with Crippen LogP contribution in [0.25, 0.3) is 0 Å². The highest BCUT2D eigenvalue weighted by molar-refractivity contribution is 9.10. The van der Waals surface area contributed by atoms with Gasteiger partial charge in [-0.1, -0.05) is 27.7 Å². The number of nitrogens with one attached hydrogen (secondary N) is 2. The molecule has 0 aliphatic rings. The third kappa shape index (κ3) is 4.17. The van der Waals surface area contributed by atoms with Crippen LogP contribution in [-0.4, -0.2) is 21.6 Å². The molecule has 0 fully saturated rings. The molecular weight excluding hydrogens is 349 g/mol. The molecule has 104 valence electrons. The molecule has 2 N–H and O–H groups in total. The van der Waals surface area contributed by atoms with E-state index < -0.39 is 5.82 Å². The van der Waals surface area contributed by atoms with Crippen LogP contribution in [0.3, 0.4) is 0 Å². The number of benzene rings is 1. The number of rotatable bonds is 4. The van der Waals surface area contributed by atoms with E-state index >= 15 is 0 Å². The van der Waals surface area contributed by atoms with Gasteiger partial charge >= 0.3 is 0 Å². The van der Waals surface area contributed by atoms with Gasteiger partial charge in [0.15, 0.2) is 5.16 Å². The predicted molar refractivity (Wildman–Crippen MR) is 78.3 cm³/mol. The van der Waals surface area contributed by atoms with Crippen molar-refractivity contribution in [2.24, 2.45) is 0 Å². The Labute approximate surface area is 126 Å². The van der Waals surface area contributed by atoms with Gasteiger partial charge in [0.05, 0.1) is 11.4 Å². The lowest BCUT2D eigenvalue weighted by molar-refractivity contribution is -0.113. The molecule has 0 aliphatic heterocycles. The maximum atomic E-state index is 13.5. The number of carbonyl (C=O) groups is 1. The van der Waals surface area contributed by atoms with Gasteiger partial charge in [0.2, 0.25) is 5.91 Å². The standard InChI is InChI=1S/C12H9BrFN3O2S/c13-7-1-2-9(8(14)5-7)16-11(19)6-20-12-15-4-3-10(18)17-12/h1-5H,6H2,(H,16,19)(H,15,17,18). The van der Waals surface area contributed by atoms with Gasteiger partial charge in [-0.25, -0.2) is 9.37 Å². The quantitative estimate of drug-likeness (QED) is 0.650. The third-order valence-electron chi connectivity index (χ3n) is 2.19. The molecule has 2 rings (SSSR count). The zero-order valence-corrected chi connectivity index (χ0v) is 12.4. The summed E-state index contributed by atoms with van der Waals surface area (Å²) in [6.07, 6.45) is 1.35. The van der Waals surface area contributed by atoms with E-state index in [0.717, 1.165) is 11.8 Å². The number of halogens is 2. The fraction of sp³-hybridized carbons (Fsp3) is 0.0833. The maximum Gasteiger partial charge on any atom is 0.251 e. The van der Waals surface area contributed by atoms with Gasteiger partial charge in [0.25, 0.3) is 5.56 Å². The van der Waals surface area contributed by atoms with E-state index in [1.165, 1.54) is 24.4 Å². The summed E-state index contributed by atoms with van der Waals surface area (Å²) in [5, 5.41) is 2.78. The predicted octanol–water partition coefficient (Wildman–Crippen LogP) is 2.40. The number of aromatic amines is 1. The molecule has 0 spiro atoms. The minimum atomic E-state index is -0.524. The number of H-pyrrole nitrogens is 1. The van der Waals surface area contributed by atoms with Crippen LogP contribution in [0.2, 0.25) is 0 Å². The van der Waals surface area contributed by atoms with Crippen LogP contribution in [-0.2, 0) is 4.79 Å². The second-order valence-corrected chi connectivity index (χ2v) is 5.58. The molecule has 0 aliphatic carbocycles. The number of amides is 1. The van der Waals surface area contributed by atoms with Gasteiger partial charge in [-0.05, 0) is 18.2 Å². The summed E-state index contributed by atoms with van der Waals surface area (Å²) in [6.45, 7) is 0. The Balaban J connectivity index is 1.94. The zero-order valence-electron chi connectivity index (χ0n) is 10.0. The zero-order chi connectivity index (χ0) is 14.5. The van der Waals surface area contributed by atoms with Crippen molar-refractivity contribution in [1.29, 1.82) is 0 Å². The molecule has 0 atom stereocenters. The van der Waals surface area contributed by atoms with Gasteiger partial charge in [-0.3, -0.25) is 9.59 Å². The summed E-state index contributed by atoms with van der Waals surface area (Å²) in [7, 11) is 0. The minimum Gasteiger partial charge on any atom is -0.323 e. The largest absolute Gasteiger partial charge is 0.323 e. The average Bonchev–Trinajstić information content (AvgIpc) is 2.40. The van der Waals surface area contributed by atoms with Crippen LogP contribution in [0.1, 0.15) is 0 Å². The van der Waals surface area contributed by atoms with Crippen LogP contribution in [0.15, 0.2) is 44.9 Å². The Morgan fingerprint density at radius 2 is 2.25 bits per heavy atom. The minimum absolute atomic E-state index is 0.0163. The Kier molecular flexibility index (Phi) is 4.91. The average molecular weight is 358 g/mol. The highest BCUT2D eigenvalue weighted by Crippen LogP contribution is 2.20. The highest BCUT2D eigenvalue weighted by atomic mass is 79.9. The van der Waals surface area contributed by atoms with Crippen molar-refractivity contribution in [1.82, 2.24) is 9.97 Å². The summed E-state index contributed by atoms with van der Waals surface area (Å²) < 4.78 is 14.1. The van der Waals surface area contributed by atoms with Gasteiger partial charge in [0, 0.05) is 16.7 Å². The Bertz CT molecular complexity index is 692. The molecule has 1 aromatic heterocycles. The van der Waals surface area contributed by atoms with E-state index in [1.54, 1.807) is 6.07 Å². The van der Waals surface area contributed by atoms with Crippen molar-refractivity contribution in [3.8, 4) is 0 Å². The van der Waals surface area contributed by atoms with Gasteiger partial charge in [0.1, 0.15) is 5.82 Å². The third-order valence-corrected chi connectivity index (χ3v) is 3.57. The molecule has 8 heteroatoms. The van der Waals surface area contributed by atoms with Crippen molar-refractivity contribution >= 4 is 39.3 Å². The summed E-state index contributed by atoms with van der Waals surface area (Å²) in [5.74, 6) is -0.894. The molecular formula is C12H9BrFN3O2S. The monoisotopic (exact) mass is 357 g/mol. The lowest BCUT2D eigenvalue weighted by Crippen LogP contribution is -2.16. The summed E-state index contributed by atoms with van der Waals surface area (Å²) >= 11 is 4.19. The number of carbonyl (C=O) groups excluding carboxylic acids is 1. The lowest BCUT2D eigenvalue weighted by Gasteiger charge is -2.06. The normalized spacial score (nSPS) is 10.3. The molecule has 1 aromatic carbocycles. The summed E-state index contributed by atoms with van der Waals surface area (Å²) in [5.41, 5.74) is -0.185. The van der Waals surface area contributed by atoms with Crippen LogP contribution in [0, 0.1) is 5.82 Å². The topological polar surface area (TPSA) is 74.8 Å². The molecule has 0 saturated carbocycles. The van der Waals surface area contributed by atoms with E-state index in [2.05, 4.69) is 31.2 Å². The van der Waals surface area contributed by atoms with Crippen molar-refractivity contribution in [2.75, 3.05) is 11.1 Å². The second kappa shape index (κ2) is 6.67. The Morgan fingerprint density at radius 3 is 2.95 bits per heavy atom. The lowest BCUT2D eigenvalue weighted by atomic mass is 10.3. The molecule has 1 amide bonds. The summed E-state index contributed by atoms with van der Waals surface area (Å²) in [6, 6.07) is 5.63. The van der Waals surface area contributed by atoms with Crippen LogP contribution < -0.4 is 10.9 Å². The highest BCUT2D eigenvalue weighted by Gasteiger charge is 2.08. The molecule has 20 heavy (non-hydrogen) atoms. The Morgan fingerprint density at radius 1 is 1.45 bits per heavy atom. The number of thioether (sulfide) groups is 1. The maximum absolute atomic E-state index is 13.5. The van der Waals surface area contributed by atoms with Gasteiger partial charge < -0.3 is 10.3 Å². The van der Waals surface area contributed by atoms with Gasteiger partial charge in [-0.15, -0.1) is 0 Å². The van der Waals surface area contributed by atoms with Crippen molar-refractivity contribution in [3.63, 3.8) is 0 Å². The molecule has 5 nitrogen and oxygen atoms in total. The summed E-state index contributed by atoms with van der Waals surface area (Å²) in [4.78, 5) is 29.1. The molecule has 0 unspecified atom stereocenters. The van der Waals surface area contributed by atoms with Crippen molar-refractivity contribution in [2.45, 2.75) is 5.16 Å². The van der Waals surface area contributed by atoms with E-state index in [4.69, 9.17) is 0 Å². The SMILES string of the molecule is O=C(CSc1nccc(=O)[nH]1)Nc1ccc(Br)cc1F. The number of hydrogen-bond donors (Lipinski definition) is 2. The first-order valence-corrected chi connectivity index (χ1v) is 7.25. The molecule has 0 saturated heterocycles. The van der Waals surface area contributed by atoms with Gasteiger partial charge in [-0.2, -0.15) is 0 Å². The van der Waals surface area contributed by atoms with E-state index in [9.17, 15) is 14.0 Å². The van der Waals surface area contributed by atoms with Crippen molar-refractivity contribution in [3.05, 3.63) is 51.1 Å². The first-order chi connectivity index (χ1) is 9.54.